The van der Waals surface area contributed by atoms with Crippen LogP contribution in [0.3, 0.4) is 0 Å². The molecule has 2 N–H and O–H groups in total. The van der Waals surface area contributed by atoms with E-state index in [1.165, 1.54) is 5.56 Å². The van der Waals surface area contributed by atoms with Crippen molar-refractivity contribution in [1.29, 1.82) is 0 Å². The van der Waals surface area contributed by atoms with Crippen LogP contribution in [-0.2, 0) is 13.1 Å². The van der Waals surface area contributed by atoms with Gasteiger partial charge < -0.3 is 5.32 Å². The van der Waals surface area contributed by atoms with Crippen molar-refractivity contribution in [1.82, 2.24) is 20.0 Å². The Hall–Kier alpha value is -1.78. The topological polar surface area (TPSA) is 58.5 Å². The van der Waals surface area contributed by atoms with E-state index in [1.54, 1.807) is 6.20 Å². The molecule has 0 aliphatic heterocycles. The summed E-state index contributed by atoms with van der Waals surface area (Å²) in [4.78, 5) is 0. The first-order valence-corrected chi connectivity index (χ1v) is 5.12. The second-order valence-electron chi connectivity index (χ2n) is 3.45. The lowest BCUT2D eigenvalue weighted by Gasteiger charge is -1.99. The lowest BCUT2D eigenvalue weighted by Crippen LogP contribution is -1.98. The van der Waals surface area contributed by atoms with Crippen LogP contribution in [0.4, 0.5) is 5.69 Å². The van der Waals surface area contributed by atoms with Crippen molar-refractivity contribution in [3.8, 4) is 0 Å². The molecule has 0 atom stereocenters. The molecule has 0 aromatic carbocycles. The molecule has 2 rings (SSSR count). The van der Waals surface area contributed by atoms with Gasteiger partial charge in [0.2, 0.25) is 0 Å². The highest BCUT2D eigenvalue weighted by Crippen LogP contribution is 2.05. The molecule has 0 aliphatic rings. The molecule has 0 aliphatic carbocycles. The van der Waals surface area contributed by atoms with Gasteiger partial charge in [-0.1, -0.05) is 6.92 Å². The molecular formula is C10H15N5. The normalized spacial score (nSPS) is 10.5. The quantitative estimate of drug-likeness (QED) is 0.780. The van der Waals surface area contributed by atoms with Crippen LogP contribution in [0, 0.1) is 0 Å². The van der Waals surface area contributed by atoms with Gasteiger partial charge in [0.05, 0.1) is 18.1 Å². The summed E-state index contributed by atoms with van der Waals surface area (Å²) in [7, 11) is 0. The zero-order valence-corrected chi connectivity index (χ0v) is 8.77. The van der Waals surface area contributed by atoms with Gasteiger partial charge in [-0.15, -0.1) is 0 Å². The first-order valence-electron chi connectivity index (χ1n) is 5.12. The summed E-state index contributed by atoms with van der Waals surface area (Å²) >= 11 is 0. The molecule has 80 valence electrons. The summed E-state index contributed by atoms with van der Waals surface area (Å²) in [6.45, 7) is 3.90. The molecule has 0 saturated carbocycles. The van der Waals surface area contributed by atoms with Gasteiger partial charge in [-0.2, -0.15) is 10.2 Å². The SMILES string of the molecule is CCCn1cc(CNc2cn[nH]c2)cn1. The number of hydrogen-bond acceptors (Lipinski definition) is 3. The Labute approximate surface area is 88.5 Å². The number of nitrogens with one attached hydrogen (secondary N) is 2. The van der Waals surface area contributed by atoms with Crippen LogP contribution in [0.25, 0.3) is 0 Å². The van der Waals surface area contributed by atoms with Crippen LogP contribution in [0.1, 0.15) is 18.9 Å². The van der Waals surface area contributed by atoms with Gasteiger partial charge in [0.15, 0.2) is 0 Å². The summed E-state index contributed by atoms with van der Waals surface area (Å²) < 4.78 is 1.96. The van der Waals surface area contributed by atoms with E-state index in [9.17, 15) is 0 Å². The molecule has 0 fully saturated rings. The molecular weight excluding hydrogens is 190 g/mol. The van der Waals surface area contributed by atoms with E-state index in [4.69, 9.17) is 0 Å². The number of aromatic amines is 1. The first kappa shape index (κ1) is 9.76. The van der Waals surface area contributed by atoms with Gasteiger partial charge in [-0.05, 0) is 6.42 Å². The highest BCUT2D eigenvalue weighted by molar-refractivity contribution is 5.38. The number of aromatic nitrogens is 4. The zero-order chi connectivity index (χ0) is 10.5. The maximum absolute atomic E-state index is 4.26. The predicted molar refractivity (Wildman–Crippen MR) is 58.4 cm³/mol. The van der Waals surface area contributed by atoms with Gasteiger partial charge in [-0.3, -0.25) is 9.78 Å². The Morgan fingerprint density at radius 3 is 3.13 bits per heavy atom. The van der Waals surface area contributed by atoms with E-state index in [2.05, 4.69) is 33.7 Å². The van der Waals surface area contributed by atoms with Crippen LogP contribution in [0.5, 0.6) is 0 Å². The molecule has 0 radical (unpaired) electrons. The number of anilines is 1. The van der Waals surface area contributed by atoms with Gasteiger partial charge in [0, 0.05) is 31.0 Å². The van der Waals surface area contributed by atoms with E-state index < -0.39 is 0 Å². The van der Waals surface area contributed by atoms with Crippen LogP contribution >= 0.6 is 0 Å². The largest absolute Gasteiger partial charge is 0.378 e. The molecule has 0 spiro atoms. The molecule has 0 unspecified atom stereocenters. The highest BCUT2D eigenvalue weighted by atomic mass is 15.3. The molecule has 2 aromatic heterocycles. The number of hydrogen-bond donors (Lipinski definition) is 2. The maximum atomic E-state index is 4.26. The number of nitrogens with zero attached hydrogens (tertiary/aromatic N) is 3. The van der Waals surface area contributed by atoms with E-state index in [-0.39, 0.29) is 0 Å². The summed E-state index contributed by atoms with van der Waals surface area (Å²) in [6, 6.07) is 0. The van der Waals surface area contributed by atoms with Crippen LogP contribution in [0.15, 0.2) is 24.8 Å². The van der Waals surface area contributed by atoms with Crippen molar-refractivity contribution in [2.24, 2.45) is 0 Å². The zero-order valence-electron chi connectivity index (χ0n) is 8.77. The molecule has 0 saturated heterocycles. The highest BCUT2D eigenvalue weighted by Gasteiger charge is 1.98. The molecule has 5 nitrogen and oxygen atoms in total. The summed E-state index contributed by atoms with van der Waals surface area (Å²) in [5.41, 5.74) is 2.18. The summed E-state index contributed by atoms with van der Waals surface area (Å²) in [5.74, 6) is 0. The van der Waals surface area contributed by atoms with Crippen molar-refractivity contribution in [3.63, 3.8) is 0 Å². The minimum absolute atomic E-state index is 0.781. The van der Waals surface area contributed by atoms with Crippen molar-refractivity contribution < 1.29 is 0 Å². The van der Waals surface area contributed by atoms with Crippen LogP contribution in [0.2, 0.25) is 0 Å². The fourth-order valence-corrected chi connectivity index (χ4v) is 1.40. The minimum atomic E-state index is 0.781. The van der Waals surface area contributed by atoms with Crippen molar-refractivity contribution in [2.45, 2.75) is 26.4 Å². The molecule has 5 heteroatoms. The Morgan fingerprint density at radius 2 is 2.40 bits per heavy atom. The number of H-pyrrole nitrogens is 1. The Morgan fingerprint density at radius 1 is 1.47 bits per heavy atom. The third kappa shape index (κ3) is 2.59. The van der Waals surface area contributed by atoms with Gasteiger partial charge in [-0.25, -0.2) is 0 Å². The van der Waals surface area contributed by atoms with Crippen molar-refractivity contribution in [3.05, 3.63) is 30.4 Å². The van der Waals surface area contributed by atoms with E-state index in [1.807, 2.05) is 17.1 Å². The standard InChI is InChI=1S/C10H15N5/c1-2-3-15-8-9(5-14-15)4-11-10-6-12-13-7-10/h5-8,11H,2-4H2,1H3,(H,12,13). The van der Waals surface area contributed by atoms with Gasteiger partial charge in [0.1, 0.15) is 0 Å². The lowest BCUT2D eigenvalue weighted by atomic mass is 10.3. The second kappa shape index (κ2) is 4.63. The smallest absolute Gasteiger partial charge is 0.0726 e. The molecule has 0 amide bonds. The monoisotopic (exact) mass is 205 g/mol. The second-order valence-corrected chi connectivity index (χ2v) is 3.45. The maximum Gasteiger partial charge on any atom is 0.0726 e. The van der Waals surface area contributed by atoms with Crippen molar-refractivity contribution >= 4 is 5.69 Å². The number of aryl methyl sites for hydroxylation is 1. The summed E-state index contributed by atoms with van der Waals surface area (Å²) in [5, 5.41) is 14.1. The Balaban J connectivity index is 1.88. The number of rotatable bonds is 5. The van der Waals surface area contributed by atoms with E-state index in [0.717, 1.165) is 25.2 Å². The molecule has 2 aromatic rings. The van der Waals surface area contributed by atoms with Crippen LogP contribution in [-0.4, -0.2) is 20.0 Å². The predicted octanol–water partition coefficient (Wildman–Crippen LogP) is 1.63. The van der Waals surface area contributed by atoms with E-state index in [0.29, 0.717) is 0 Å². The van der Waals surface area contributed by atoms with Crippen molar-refractivity contribution in [2.75, 3.05) is 5.32 Å². The fourth-order valence-electron chi connectivity index (χ4n) is 1.40. The third-order valence-corrected chi connectivity index (χ3v) is 2.13. The molecule has 15 heavy (non-hydrogen) atoms. The average molecular weight is 205 g/mol. The summed E-state index contributed by atoms with van der Waals surface area (Å²) in [6.07, 6.45) is 8.66. The Kier molecular flexibility index (Phi) is 3.02. The Bertz CT molecular complexity index is 390. The third-order valence-electron chi connectivity index (χ3n) is 2.13. The van der Waals surface area contributed by atoms with Crippen LogP contribution < -0.4 is 5.32 Å². The van der Waals surface area contributed by atoms with Gasteiger partial charge in [0.25, 0.3) is 0 Å². The van der Waals surface area contributed by atoms with E-state index >= 15 is 0 Å². The molecule has 2 heterocycles. The minimum Gasteiger partial charge on any atom is -0.378 e. The fraction of sp³-hybridized carbons (Fsp3) is 0.400. The molecule has 0 bridgehead atoms. The van der Waals surface area contributed by atoms with Gasteiger partial charge >= 0.3 is 0 Å². The lowest BCUT2D eigenvalue weighted by molar-refractivity contribution is 0.602. The average Bonchev–Trinajstić information content (AvgIpc) is 2.85. The first-order chi connectivity index (χ1) is 7.38.